The van der Waals surface area contributed by atoms with Gasteiger partial charge in [-0.05, 0) is 35.4 Å². The number of hydrogen-bond acceptors (Lipinski definition) is 5. The molecule has 0 saturated carbocycles. The maximum atomic E-state index is 11.0. The Morgan fingerprint density at radius 2 is 1.80 bits per heavy atom. The summed E-state index contributed by atoms with van der Waals surface area (Å²) in [6.07, 6.45) is 3.87. The van der Waals surface area contributed by atoms with Gasteiger partial charge in [0.15, 0.2) is 0 Å². The fourth-order valence-corrected chi connectivity index (χ4v) is 3.52. The van der Waals surface area contributed by atoms with Gasteiger partial charge >= 0.3 is 5.63 Å². The minimum atomic E-state index is -0.552. The molecule has 0 saturated heterocycles. The highest BCUT2D eigenvalue weighted by Crippen LogP contribution is 2.34. The molecule has 3 rings (SSSR count). The molecule has 2 aromatic carbocycles. The molecule has 30 heavy (non-hydrogen) atoms. The van der Waals surface area contributed by atoms with E-state index < -0.39 is 5.63 Å². The summed E-state index contributed by atoms with van der Waals surface area (Å²) in [6.45, 7) is 10.9. The predicted octanol–water partition coefficient (Wildman–Crippen LogP) is 6.28. The van der Waals surface area contributed by atoms with Gasteiger partial charge in [0.2, 0.25) is 0 Å². The van der Waals surface area contributed by atoms with Crippen LogP contribution in [0, 0.1) is 0 Å². The number of ether oxygens (including phenoxy) is 1. The second-order valence-corrected chi connectivity index (χ2v) is 8.42. The van der Waals surface area contributed by atoms with Crippen molar-refractivity contribution >= 4 is 11.8 Å². The molecule has 158 valence electrons. The molecule has 0 spiro atoms. The van der Waals surface area contributed by atoms with Gasteiger partial charge in [0, 0.05) is 16.5 Å². The van der Waals surface area contributed by atoms with E-state index in [0.717, 1.165) is 17.4 Å². The molecule has 4 nitrogen and oxygen atoms in total. The third-order valence-electron chi connectivity index (χ3n) is 4.16. The van der Waals surface area contributed by atoms with Crippen LogP contribution in [0.3, 0.4) is 0 Å². The van der Waals surface area contributed by atoms with Crippen molar-refractivity contribution in [1.29, 1.82) is 0 Å². The molecule has 1 N–H and O–H groups in total. The third-order valence-corrected chi connectivity index (χ3v) is 4.96. The van der Waals surface area contributed by atoms with Crippen LogP contribution >= 0.6 is 11.8 Å². The first kappa shape index (κ1) is 23.4. The Balaban J connectivity index is 0.000000215. The Hall–Kier alpha value is -2.92. The van der Waals surface area contributed by atoms with Gasteiger partial charge in [0.05, 0.1) is 6.07 Å². The monoisotopic (exact) mass is 424 g/mol. The van der Waals surface area contributed by atoms with Crippen molar-refractivity contribution in [3.8, 4) is 22.8 Å². The van der Waals surface area contributed by atoms with Crippen molar-refractivity contribution in [2.45, 2.75) is 31.1 Å². The van der Waals surface area contributed by atoms with Crippen LogP contribution < -0.4 is 10.4 Å². The van der Waals surface area contributed by atoms with Crippen molar-refractivity contribution < 1.29 is 14.3 Å². The minimum absolute atomic E-state index is 0.0832. The Kier molecular flexibility index (Phi) is 8.36. The lowest BCUT2D eigenvalue weighted by atomic mass is 9.87. The minimum Gasteiger partial charge on any atom is -0.508 e. The van der Waals surface area contributed by atoms with Gasteiger partial charge in [-0.1, -0.05) is 63.8 Å². The third kappa shape index (κ3) is 6.85. The first-order chi connectivity index (χ1) is 14.2. The van der Waals surface area contributed by atoms with E-state index in [4.69, 9.17) is 9.15 Å². The summed E-state index contributed by atoms with van der Waals surface area (Å²) in [5.41, 5.74) is 1.69. The second kappa shape index (κ2) is 10.7. The first-order valence-corrected chi connectivity index (χ1v) is 10.8. The molecule has 0 radical (unpaired) electrons. The van der Waals surface area contributed by atoms with Crippen LogP contribution in [-0.4, -0.2) is 18.0 Å². The molecule has 0 aliphatic heterocycles. The molecule has 0 atom stereocenters. The first-order valence-electron chi connectivity index (χ1n) is 9.56. The zero-order valence-electron chi connectivity index (χ0n) is 17.8. The van der Waals surface area contributed by atoms with Gasteiger partial charge in [-0.25, -0.2) is 4.79 Å². The number of rotatable bonds is 5. The molecule has 1 heterocycles. The lowest BCUT2D eigenvalue weighted by Gasteiger charge is -2.23. The number of aromatic hydroxyl groups is 1. The van der Waals surface area contributed by atoms with Crippen LogP contribution in [0.15, 0.2) is 87.4 Å². The van der Waals surface area contributed by atoms with Gasteiger partial charge < -0.3 is 14.3 Å². The fourth-order valence-electron chi connectivity index (χ4n) is 2.73. The Morgan fingerprint density at radius 3 is 2.37 bits per heavy atom. The largest absolute Gasteiger partial charge is 0.508 e. The Morgan fingerprint density at radius 1 is 1.10 bits per heavy atom. The Labute approximate surface area is 182 Å². The highest BCUT2D eigenvalue weighted by atomic mass is 32.2. The summed E-state index contributed by atoms with van der Waals surface area (Å²) in [7, 11) is 0. The molecule has 0 amide bonds. The van der Waals surface area contributed by atoms with Crippen molar-refractivity contribution in [3.63, 3.8) is 0 Å². The second-order valence-electron chi connectivity index (χ2n) is 7.58. The summed E-state index contributed by atoms with van der Waals surface area (Å²) < 4.78 is 10.5. The Bertz CT molecular complexity index is 1020. The van der Waals surface area contributed by atoms with E-state index in [-0.39, 0.29) is 11.2 Å². The topological polar surface area (TPSA) is 59.7 Å². The van der Waals surface area contributed by atoms with E-state index in [1.165, 1.54) is 16.5 Å². The van der Waals surface area contributed by atoms with Crippen LogP contribution in [0.1, 0.15) is 26.3 Å². The fraction of sp³-hybridized carbons (Fsp3) is 0.240. The molecule has 1 aromatic heterocycles. The van der Waals surface area contributed by atoms with Crippen LogP contribution in [0.25, 0.3) is 11.3 Å². The van der Waals surface area contributed by atoms with Gasteiger partial charge in [-0.3, -0.25) is 0 Å². The lowest BCUT2D eigenvalue weighted by molar-refractivity contribution is 0.361. The van der Waals surface area contributed by atoms with E-state index >= 15 is 0 Å². The lowest BCUT2D eigenvalue weighted by Crippen LogP contribution is -2.12. The molecule has 3 aromatic rings. The summed E-state index contributed by atoms with van der Waals surface area (Å²) in [4.78, 5) is 12.3. The van der Waals surface area contributed by atoms with E-state index in [9.17, 15) is 9.90 Å². The van der Waals surface area contributed by atoms with Crippen molar-refractivity contribution in [2.75, 3.05) is 12.9 Å². The van der Waals surface area contributed by atoms with E-state index in [0.29, 0.717) is 12.4 Å². The smallest absolute Gasteiger partial charge is 0.339 e. The average Bonchev–Trinajstić information content (AvgIpc) is 2.72. The summed E-state index contributed by atoms with van der Waals surface area (Å²) in [6, 6.07) is 17.9. The van der Waals surface area contributed by atoms with Crippen LogP contribution in [0.2, 0.25) is 0 Å². The molecule has 0 bridgehead atoms. The molecule has 0 aliphatic carbocycles. The van der Waals surface area contributed by atoms with Crippen molar-refractivity contribution in [3.05, 3.63) is 89.3 Å². The van der Waals surface area contributed by atoms with E-state index in [1.807, 2.05) is 24.3 Å². The zero-order chi connectivity index (χ0) is 22.1. The number of hydrogen-bond donors (Lipinski definition) is 1. The maximum absolute atomic E-state index is 11.0. The van der Waals surface area contributed by atoms with E-state index in [1.54, 1.807) is 30.0 Å². The molecule has 0 fully saturated rings. The van der Waals surface area contributed by atoms with Crippen molar-refractivity contribution in [1.82, 2.24) is 0 Å². The summed E-state index contributed by atoms with van der Waals surface area (Å²) in [5, 5.41) is 9.20. The predicted molar refractivity (Wildman–Crippen MR) is 125 cm³/mol. The SMILES string of the molecule is C=CCOc1ccc(SC)c(C(C)(C)C)c1.O=c1cc(O)cc(-c2ccccc2)o1. The number of benzene rings is 2. The van der Waals surface area contributed by atoms with Crippen LogP contribution in [0.5, 0.6) is 11.5 Å². The molecule has 0 unspecified atom stereocenters. The quantitative estimate of drug-likeness (QED) is 0.386. The molecular formula is C25H28O4S. The van der Waals surface area contributed by atoms with Crippen LogP contribution in [-0.2, 0) is 5.41 Å². The normalized spacial score (nSPS) is 10.7. The summed E-state index contributed by atoms with van der Waals surface area (Å²) in [5.74, 6) is 1.21. The van der Waals surface area contributed by atoms with Gasteiger partial charge in [0.25, 0.3) is 0 Å². The number of thioether (sulfide) groups is 1. The van der Waals surface area contributed by atoms with Gasteiger partial charge in [0.1, 0.15) is 23.9 Å². The van der Waals surface area contributed by atoms with Crippen LogP contribution in [0.4, 0.5) is 0 Å². The highest BCUT2D eigenvalue weighted by Gasteiger charge is 2.18. The van der Waals surface area contributed by atoms with E-state index in [2.05, 4.69) is 45.7 Å². The van der Waals surface area contributed by atoms with Gasteiger partial charge in [-0.2, -0.15) is 0 Å². The molecule has 5 heteroatoms. The average molecular weight is 425 g/mol. The van der Waals surface area contributed by atoms with Crippen molar-refractivity contribution in [2.24, 2.45) is 0 Å². The standard InChI is InChI=1S/C14H20OS.C11H8O3/c1-6-9-15-11-7-8-13(16-5)12(10-11)14(2,3)4;12-9-6-10(14-11(13)7-9)8-4-2-1-3-5-8/h6-8,10H,1,9H2,2-5H3;1-7,12H. The molecule has 0 aliphatic rings. The zero-order valence-corrected chi connectivity index (χ0v) is 18.7. The highest BCUT2D eigenvalue weighted by molar-refractivity contribution is 7.98. The molecular weight excluding hydrogens is 396 g/mol. The summed E-state index contributed by atoms with van der Waals surface area (Å²) >= 11 is 1.78. The van der Waals surface area contributed by atoms with Gasteiger partial charge in [-0.15, -0.1) is 11.8 Å². The maximum Gasteiger partial charge on any atom is 0.339 e.